The van der Waals surface area contributed by atoms with Gasteiger partial charge in [-0.25, -0.2) is 0 Å². The van der Waals surface area contributed by atoms with E-state index in [0.717, 1.165) is 0 Å². The Morgan fingerprint density at radius 1 is 1.36 bits per heavy atom. The first-order valence-electron chi connectivity index (χ1n) is 3.54. The lowest BCUT2D eigenvalue weighted by Crippen LogP contribution is -1.90. The molecule has 0 rings (SSSR count). The fraction of sp³-hybridized carbons (Fsp3) is 0.300. The molecule has 0 fully saturated rings. The van der Waals surface area contributed by atoms with Gasteiger partial charge in [-0.3, -0.25) is 4.79 Å². The third-order valence-electron chi connectivity index (χ3n) is 1.05. The molecule has 0 heterocycles. The van der Waals surface area contributed by atoms with E-state index in [4.69, 9.17) is 0 Å². The third-order valence-corrected chi connectivity index (χ3v) is 1.05. The molecule has 0 radical (unpaired) electrons. The number of allylic oxidation sites excluding steroid dienone is 2. The summed E-state index contributed by atoms with van der Waals surface area (Å²) < 4.78 is 0. The minimum absolute atomic E-state index is 0.0215. The van der Waals surface area contributed by atoms with Crippen LogP contribution in [0.25, 0.3) is 0 Å². The molecule has 0 bridgehead atoms. The van der Waals surface area contributed by atoms with Crippen molar-refractivity contribution >= 4 is 5.78 Å². The van der Waals surface area contributed by atoms with E-state index in [9.17, 15) is 4.79 Å². The Hall–Kier alpha value is -1.29. The first-order valence-corrected chi connectivity index (χ1v) is 3.54. The average Bonchev–Trinajstić information content (AvgIpc) is 2.01. The Labute approximate surface area is 67.8 Å². The topological polar surface area (TPSA) is 17.1 Å². The van der Waals surface area contributed by atoms with E-state index in [1.54, 1.807) is 12.2 Å². The largest absolute Gasteiger partial charge is 0.285 e. The molecule has 11 heavy (non-hydrogen) atoms. The summed E-state index contributed by atoms with van der Waals surface area (Å²) in [7, 11) is 0. The molecule has 0 spiro atoms. The molecule has 0 amide bonds. The maximum atomic E-state index is 10.8. The molecule has 0 aromatic heterocycles. The minimum atomic E-state index is -0.0215. The maximum absolute atomic E-state index is 10.8. The van der Waals surface area contributed by atoms with Gasteiger partial charge in [0, 0.05) is 12.8 Å². The Morgan fingerprint density at radius 3 is 2.64 bits per heavy atom. The van der Waals surface area contributed by atoms with Gasteiger partial charge >= 0.3 is 0 Å². The quantitative estimate of drug-likeness (QED) is 0.339. The average molecular weight is 148 g/mol. The smallest absolute Gasteiger partial charge is 0.205 e. The molecule has 0 saturated heterocycles. The third kappa shape index (κ3) is 6.60. The Bertz CT molecular complexity index is 203. The highest BCUT2D eigenvalue weighted by molar-refractivity contribution is 5.95. The van der Waals surface area contributed by atoms with Gasteiger partial charge in [-0.1, -0.05) is 18.1 Å². The second-order valence-electron chi connectivity index (χ2n) is 2.05. The number of hydrogen-bond donors (Lipinski definition) is 0. The number of carbonyl (C=O) groups is 1. The summed E-state index contributed by atoms with van der Waals surface area (Å²) in [5.74, 6) is 5.18. The molecule has 58 valence electrons. The van der Waals surface area contributed by atoms with E-state index in [1.165, 1.54) is 0 Å². The number of ketones is 1. The molecule has 0 saturated carbocycles. The van der Waals surface area contributed by atoms with Crippen molar-refractivity contribution in [1.29, 1.82) is 0 Å². The summed E-state index contributed by atoms with van der Waals surface area (Å²) in [4.78, 5) is 10.8. The van der Waals surface area contributed by atoms with Crippen LogP contribution in [0.2, 0.25) is 0 Å². The summed E-state index contributed by atoms with van der Waals surface area (Å²) >= 11 is 0. The first kappa shape index (κ1) is 9.71. The second kappa shape index (κ2) is 6.82. The van der Waals surface area contributed by atoms with Crippen LogP contribution in [-0.2, 0) is 4.79 Å². The van der Waals surface area contributed by atoms with Gasteiger partial charge in [-0.15, -0.1) is 13.2 Å². The molecule has 0 aliphatic heterocycles. The molecule has 0 atom stereocenters. The van der Waals surface area contributed by atoms with Crippen LogP contribution in [-0.4, -0.2) is 5.78 Å². The van der Waals surface area contributed by atoms with Gasteiger partial charge in [0.2, 0.25) is 5.78 Å². The standard InChI is InChI=1S/C10H12O/c1-3-5-7-9-10(11)8-6-4-2/h3-4H,1-2,5-6,8H2. The van der Waals surface area contributed by atoms with Gasteiger partial charge in [0.1, 0.15) is 0 Å². The Balaban J connectivity index is 3.60. The highest BCUT2D eigenvalue weighted by atomic mass is 16.1. The molecular weight excluding hydrogens is 136 g/mol. The predicted octanol–water partition coefficient (Wildman–Crippen LogP) is 2.10. The van der Waals surface area contributed by atoms with Crippen molar-refractivity contribution in [2.24, 2.45) is 0 Å². The number of Topliss-reactive ketones (excluding diaryl/α,β-unsaturated/α-hetero) is 1. The van der Waals surface area contributed by atoms with Crippen molar-refractivity contribution < 1.29 is 4.79 Å². The van der Waals surface area contributed by atoms with Gasteiger partial charge in [-0.05, 0) is 12.3 Å². The Kier molecular flexibility index (Phi) is 6.02. The molecule has 1 nitrogen and oxygen atoms in total. The summed E-state index contributed by atoms with van der Waals surface area (Å²) in [6.45, 7) is 7.00. The SMILES string of the molecule is C=CCC#CC(=O)CCC=C. The molecule has 0 aromatic rings. The zero-order valence-electron chi connectivity index (χ0n) is 6.60. The fourth-order valence-corrected chi connectivity index (χ4v) is 0.517. The van der Waals surface area contributed by atoms with Crippen molar-refractivity contribution in [3.63, 3.8) is 0 Å². The molecule has 0 unspecified atom stereocenters. The van der Waals surface area contributed by atoms with Gasteiger partial charge < -0.3 is 0 Å². The summed E-state index contributed by atoms with van der Waals surface area (Å²) in [6.07, 6.45) is 5.16. The van der Waals surface area contributed by atoms with Crippen molar-refractivity contribution in [2.75, 3.05) is 0 Å². The maximum Gasteiger partial charge on any atom is 0.205 e. The predicted molar refractivity (Wildman–Crippen MR) is 47.0 cm³/mol. The molecule has 0 N–H and O–H groups in total. The monoisotopic (exact) mass is 148 g/mol. The zero-order valence-corrected chi connectivity index (χ0v) is 6.60. The lowest BCUT2D eigenvalue weighted by atomic mass is 10.2. The Morgan fingerprint density at radius 2 is 2.09 bits per heavy atom. The molecular formula is C10H12O. The van der Waals surface area contributed by atoms with Crippen LogP contribution in [0.4, 0.5) is 0 Å². The summed E-state index contributed by atoms with van der Waals surface area (Å²) in [5, 5.41) is 0. The molecule has 0 aliphatic carbocycles. The molecule has 1 heteroatoms. The van der Waals surface area contributed by atoms with E-state index in [2.05, 4.69) is 25.0 Å². The van der Waals surface area contributed by atoms with Gasteiger partial charge in [0.15, 0.2) is 0 Å². The normalized spacial score (nSPS) is 7.64. The molecule has 0 aliphatic rings. The first-order chi connectivity index (χ1) is 5.31. The highest BCUT2D eigenvalue weighted by Gasteiger charge is 1.91. The van der Waals surface area contributed by atoms with E-state index < -0.39 is 0 Å². The zero-order chi connectivity index (χ0) is 8.53. The van der Waals surface area contributed by atoms with Crippen LogP contribution < -0.4 is 0 Å². The lowest BCUT2D eigenvalue weighted by molar-refractivity contribution is -0.113. The van der Waals surface area contributed by atoms with Crippen molar-refractivity contribution in [2.45, 2.75) is 19.3 Å². The van der Waals surface area contributed by atoms with Crippen LogP contribution >= 0.6 is 0 Å². The minimum Gasteiger partial charge on any atom is -0.285 e. The summed E-state index contributed by atoms with van der Waals surface area (Å²) in [6, 6.07) is 0. The van der Waals surface area contributed by atoms with Crippen molar-refractivity contribution in [3.05, 3.63) is 25.3 Å². The van der Waals surface area contributed by atoms with Crippen LogP contribution in [0.15, 0.2) is 25.3 Å². The number of carbonyl (C=O) groups excluding carboxylic acids is 1. The van der Waals surface area contributed by atoms with Crippen LogP contribution in [0.1, 0.15) is 19.3 Å². The van der Waals surface area contributed by atoms with E-state index in [1.807, 2.05) is 0 Å². The van der Waals surface area contributed by atoms with E-state index >= 15 is 0 Å². The van der Waals surface area contributed by atoms with Gasteiger partial charge in [-0.2, -0.15) is 0 Å². The number of hydrogen-bond acceptors (Lipinski definition) is 1. The second-order valence-corrected chi connectivity index (χ2v) is 2.05. The molecule has 0 aromatic carbocycles. The van der Waals surface area contributed by atoms with Crippen molar-refractivity contribution in [3.8, 4) is 11.8 Å². The fourth-order valence-electron chi connectivity index (χ4n) is 0.517. The number of rotatable bonds is 4. The van der Waals surface area contributed by atoms with Gasteiger partial charge in [0.05, 0.1) is 0 Å². The van der Waals surface area contributed by atoms with Crippen LogP contribution in [0.3, 0.4) is 0 Å². The van der Waals surface area contributed by atoms with E-state index in [-0.39, 0.29) is 5.78 Å². The van der Waals surface area contributed by atoms with E-state index in [0.29, 0.717) is 19.3 Å². The summed E-state index contributed by atoms with van der Waals surface area (Å²) in [5.41, 5.74) is 0. The highest BCUT2D eigenvalue weighted by Crippen LogP contribution is 1.89. The van der Waals surface area contributed by atoms with Crippen LogP contribution in [0.5, 0.6) is 0 Å². The lowest BCUT2D eigenvalue weighted by Gasteiger charge is -1.84. The van der Waals surface area contributed by atoms with Crippen molar-refractivity contribution in [1.82, 2.24) is 0 Å². The van der Waals surface area contributed by atoms with Crippen LogP contribution in [0, 0.1) is 11.8 Å². The van der Waals surface area contributed by atoms with Gasteiger partial charge in [0.25, 0.3) is 0 Å².